The number of alkyl halides is 2. The van der Waals surface area contributed by atoms with Crippen LogP contribution in [0.5, 0.6) is 11.5 Å². The molecule has 0 radical (unpaired) electrons. The zero-order chi connectivity index (χ0) is 11.3. The highest BCUT2D eigenvalue weighted by Crippen LogP contribution is 2.35. The molecule has 0 fully saturated rings. The Morgan fingerprint density at radius 1 is 1.47 bits per heavy atom. The van der Waals surface area contributed by atoms with Gasteiger partial charge in [-0.3, -0.25) is 4.79 Å². The first kappa shape index (κ1) is 11.2. The first-order valence-corrected chi connectivity index (χ1v) is 4.01. The van der Waals surface area contributed by atoms with Gasteiger partial charge < -0.3 is 14.8 Å². The molecule has 6 heteroatoms. The number of hydrogen-bond acceptors (Lipinski definition) is 3. The first-order valence-electron chi connectivity index (χ1n) is 4.01. The van der Waals surface area contributed by atoms with Gasteiger partial charge in [-0.25, -0.2) is 0 Å². The second kappa shape index (κ2) is 5.14. The quantitative estimate of drug-likeness (QED) is 0.766. The van der Waals surface area contributed by atoms with Gasteiger partial charge in [-0.1, -0.05) is 6.07 Å². The number of nitrogens with one attached hydrogen (secondary N) is 1. The van der Waals surface area contributed by atoms with Gasteiger partial charge in [-0.05, 0) is 12.1 Å². The Bertz CT molecular complexity index is 344. The van der Waals surface area contributed by atoms with Crippen LogP contribution < -0.4 is 14.8 Å². The zero-order valence-corrected chi connectivity index (χ0v) is 7.87. The maximum Gasteiger partial charge on any atom is 0.387 e. The highest BCUT2D eigenvalue weighted by Gasteiger charge is 2.14. The summed E-state index contributed by atoms with van der Waals surface area (Å²) in [5, 5.41) is 2.24. The Hall–Kier alpha value is -1.85. The summed E-state index contributed by atoms with van der Waals surface area (Å²) in [7, 11) is 1.32. The van der Waals surface area contributed by atoms with E-state index < -0.39 is 6.61 Å². The fourth-order valence-corrected chi connectivity index (χ4v) is 1.06. The Kier molecular flexibility index (Phi) is 3.84. The number of halogens is 2. The third-order valence-corrected chi connectivity index (χ3v) is 1.62. The molecule has 0 atom stereocenters. The minimum atomic E-state index is -2.98. The number of anilines is 1. The maximum absolute atomic E-state index is 12.1. The molecule has 0 aromatic heterocycles. The molecule has 1 aromatic carbocycles. The molecule has 0 aliphatic carbocycles. The molecule has 1 aromatic rings. The summed E-state index contributed by atoms with van der Waals surface area (Å²) in [5.74, 6) is -0.0655. The van der Waals surface area contributed by atoms with Crippen molar-refractivity contribution in [3.05, 3.63) is 18.2 Å². The van der Waals surface area contributed by atoms with Crippen LogP contribution in [0.15, 0.2) is 18.2 Å². The van der Waals surface area contributed by atoms with E-state index in [0.29, 0.717) is 6.41 Å². The normalized spacial score (nSPS) is 9.87. The second-order valence-electron chi connectivity index (χ2n) is 2.48. The van der Waals surface area contributed by atoms with Crippen molar-refractivity contribution in [1.29, 1.82) is 0 Å². The van der Waals surface area contributed by atoms with Crippen molar-refractivity contribution >= 4 is 12.1 Å². The van der Waals surface area contributed by atoms with Crippen molar-refractivity contribution in [3.63, 3.8) is 0 Å². The lowest BCUT2D eigenvalue weighted by molar-refractivity contribution is -0.105. The summed E-state index contributed by atoms with van der Waals surface area (Å²) in [4.78, 5) is 10.2. The average Bonchev–Trinajstić information content (AvgIpc) is 2.20. The third-order valence-electron chi connectivity index (χ3n) is 1.62. The van der Waals surface area contributed by atoms with Crippen LogP contribution in [0.25, 0.3) is 0 Å². The fourth-order valence-electron chi connectivity index (χ4n) is 1.06. The highest BCUT2D eigenvalue weighted by molar-refractivity contribution is 5.77. The number of ether oxygens (including phenoxy) is 2. The number of amides is 1. The molecule has 1 amide bonds. The summed E-state index contributed by atoms with van der Waals surface area (Å²) in [6.45, 7) is -2.98. The Morgan fingerprint density at radius 3 is 2.73 bits per heavy atom. The summed E-state index contributed by atoms with van der Waals surface area (Å²) in [5.41, 5.74) is 0.129. The minimum absolute atomic E-state index is 0.127. The summed E-state index contributed by atoms with van der Waals surface area (Å²) < 4.78 is 33.2. The highest BCUT2D eigenvalue weighted by atomic mass is 19.3. The van der Waals surface area contributed by atoms with E-state index in [1.165, 1.54) is 19.2 Å². The summed E-state index contributed by atoms with van der Waals surface area (Å²) in [6, 6.07) is 4.42. The number of carbonyl (C=O) groups excluding carboxylic acids is 1. The molecule has 1 N–H and O–H groups in total. The molecule has 1 rings (SSSR count). The zero-order valence-electron chi connectivity index (χ0n) is 7.87. The number of para-hydroxylation sites is 1. The van der Waals surface area contributed by atoms with Crippen molar-refractivity contribution in [2.24, 2.45) is 0 Å². The van der Waals surface area contributed by atoms with Gasteiger partial charge in [0.1, 0.15) is 0 Å². The van der Waals surface area contributed by atoms with E-state index in [1.807, 2.05) is 0 Å². The van der Waals surface area contributed by atoms with Crippen LogP contribution in [0.1, 0.15) is 0 Å². The molecule has 0 aliphatic rings. The molecule has 0 saturated heterocycles. The Labute approximate surface area is 84.8 Å². The summed E-state index contributed by atoms with van der Waals surface area (Å²) in [6.07, 6.45) is 0.368. The lowest BCUT2D eigenvalue weighted by Gasteiger charge is -2.13. The van der Waals surface area contributed by atoms with E-state index in [1.54, 1.807) is 6.07 Å². The van der Waals surface area contributed by atoms with Gasteiger partial charge in [0.25, 0.3) is 0 Å². The van der Waals surface area contributed by atoms with Crippen LogP contribution in [0.3, 0.4) is 0 Å². The van der Waals surface area contributed by atoms with Crippen molar-refractivity contribution in [3.8, 4) is 11.5 Å². The van der Waals surface area contributed by atoms with Crippen LogP contribution in [0.4, 0.5) is 14.5 Å². The molecule has 15 heavy (non-hydrogen) atoms. The van der Waals surface area contributed by atoms with Gasteiger partial charge in [0.15, 0.2) is 11.5 Å². The predicted molar refractivity (Wildman–Crippen MR) is 49.3 cm³/mol. The topological polar surface area (TPSA) is 47.6 Å². The van der Waals surface area contributed by atoms with E-state index in [-0.39, 0.29) is 17.2 Å². The van der Waals surface area contributed by atoms with Crippen molar-refractivity contribution in [2.45, 2.75) is 6.61 Å². The third kappa shape index (κ3) is 2.80. The molecule has 0 saturated carbocycles. The number of rotatable bonds is 5. The van der Waals surface area contributed by atoms with Crippen LogP contribution in [-0.4, -0.2) is 20.1 Å². The van der Waals surface area contributed by atoms with E-state index in [0.717, 1.165) is 0 Å². The van der Waals surface area contributed by atoms with Gasteiger partial charge in [0.2, 0.25) is 6.41 Å². The number of methoxy groups -OCH3 is 1. The second-order valence-corrected chi connectivity index (χ2v) is 2.48. The molecule has 4 nitrogen and oxygen atoms in total. The van der Waals surface area contributed by atoms with Crippen molar-refractivity contribution in [1.82, 2.24) is 0 Å². The van der Waals surface area contributed by atoms with Crippen LogP contribution >= 0.6 is 0 Å². The van der Waals surface area contributed by atoms with Gasteiger partial charge in [0.05, 0.1) is 12.8 Å². The van der Waals surface area contributed by atoms with E-state index >= 15 is 0 Å². The van der Waals surface area contributed by atoms with E-state index in [2.05, 4.69) is 10.1 Å². The fraction of sp³-hybridized carbons (Fsp3) is 0.222. The lowest BCUT2D eigenvalue weighted by atomic mass is 10.2. The smallest absolute Gasteiger partial charge is 0.387 e. The molecule has 0 spiro atoms. The lowest BCUT2D eigenvalue weighted by Crippen LogP contribution is -2.06. The number of carbonyl (C=O) groups is 1. The molecule has 0 aliphatic heterocycles. The van der Waals surface area contributed by atoms with Crippen LogP contribution in [0, 0.1) is 0 Å². The van der Waals surface area contributed by atoms with E-state index in [4.69, 9.17) is 4.74 Å². The maximum atomic E-state index is 12.1. The van der Waals surface area contributed by atoms with E-state index in [9.17, 15) is 13.6 Å². The first-order chi connectivity index (χ1) is 7.19. The SMILES string of the molecule is COc1cccc(NC=O)c1OC(F)F. The standard InChI is InChI=1S/C9H9F2NO3/c1-14-7-4-2-3-6(12-5-13)8(7)15-9(10)11/h2-5,9H,1H3,(H,12,13). The van der Waals surface area contributed by atoms with Crippen molar-refractivity contribution in [2.75, 3.05) is 12.4 Å². The van der Waals surface area contributed by atoms with Gasteiger partial charge in [-0.15, -0.1) is 0 Å². The molecule has 0 heterocycles. The molecule has 82 valence electrons. The van der Waals surface area contributed by atoms with Crippen molar-refractivity contribution < 1.29 is 23.0 Å². The largest absolute Gasteiger partial charge is 0.493 e. The average molecular weight is 217 g/mol. The Balaban J connectivity index is 3.07. The number of hydrogen-bond donors (Lipinski definition) is 1. The molecule has 0 bridgehead atoms. The Morgan fingerprint density at radius 2 is 2.20 bits per heavy atom. The van der Waals surface area contributed by atoms with Crippen LogP contribution in [0.2, 0.25) is 0 Å². The summed E-state index contributed by atoms with van der Waals surface area (Å²) >= 11 is 0. The minimum Gasteiger partial charge on any atom is -0.493 e. The van der Waals surface area contributed by atoms with Gasteiger partial charge in [0, 0.05) is 0 Å². The molecule has 0 unspecified atom stereocenters. The predicted octanol–water partition coefficient (Wildman–Crippen LogP) is 1.86. The monoisotopic (exact) mass is 217 g/mol. The van der Waals surface area contributed by atoms with Gasteiger partial charge >= 0.3 is 6.61 Å². The van der Waals surface area contributed by atoms with Gasteiger partial charge in [-0.2, -0.15) is 8.78 Å². The number of benzene rings is 1. The molecular formula is C9H9F2NO3. The van der Waals surface area contributed by atoms with Crippen LogP contribution in [-0.2, 0) is 4.79 Å². The molecular weight excluding hydrogens is 208 g/mol.